The number of pyridine rings is 1. The molecule has 1 aliphatic heterocycles. The van der Waals surface area contributed by atoms with Gasteiger partial charge in [0.1, 0.15) is 11.4 Å². The molecule has 0 spiro atoms. The summed E-state index contributed by atoms with van der Waals surface area (Å²) in [6.45, 7) is 5.53. The van der Waals surface area contributed by atoms with Crippen LogP contribution in [0.25, 0.3) is 0 Å². The van der Waals surface area contributed by atoms with Crippen molar-refractivity contribution in [2.75, 3.05) is 13.1 Å². The fraction of sp³-hybridized carbons (Fsp3) is 0.500. The van der Waals surface area contributed by atoms with Crippen LogP contribution in [0.1, 0.15) is 68.3 Å². The van der Waals surface area contributed by atoms with Crippen molar-refractivity contribution < 1.29 is 40.7 Å². The lowest BCUT2D eigenvalue weighted by molar-refractivity contribution is -0.139. The number of nitrogens with zero attached hydrogens (tertiary/aromatic N) is 2. The van der Waals surface area contributed by atoms with Crippen LogP contribution >= 0.6 is 0 Å². The topological polar surface area (TPSA) is 59.5 Å². The number of alkyl halides is 6. The van der Waals surface area contributed by atoms with Gasteiger partial charge in [-0.15, -0.1) is 0 Å². The summed E-state index contributed by atoms with van der Waals surface area (Å²) in [5.41, 5.74) is -3.10. The fourth-order valence-electron chi connectivity index (χ4n) is 4.31. The van der Waals surface area contributed by atoms with Gasteiger partial charge in [0.2, 0.25) is 0 Å². The van der Waals surface area contributed by atoms with Gasteiger partial charge < -0.3 is 9.64 Å². The number of hydrogen-bond acceptors (Lipinski definition) is 4. The number of aromatic nitrogens is 1. The second kappa shape index (κ2) is 10.7. The van der Waals surface area contributed by atoms with E-state index in [0.29, 0.717) is 19.4 Å². The molecule has 1 aromatic heterocycles. The highest BCUT2D eigenvalue weighted by Crippen LogP contribution is 2.39. The summed E-state index contributed by atoms with van der Waals surface area (Å²) in [5.74, 6) is -2.29. The summed E-state index contributed by atoms with van der Waals surface area (Å²) in [4.78, 5) is 31.1. The number of Topliss-reactive ketones (excluding diaryl/α,β-unsaturated/α-hetero) is 1. The first-order valence-electron chi connectivity index (χ1n) is 11.8. The third-order valence-electron chi connectivity index (χ3n) is 6.05. The molecule has 2 heterocycles. The Kier molecular flexibility index (Phi) is 8.24. The van der Waals surface area contributed by atoms with E-state index in [-0.39, 0.29) is 12.1 Å². The van der Waals surface area contributed by atoms with Crippen LogP contribution in [0.5, 0.6) is 0 Å². The third kappa shape index (κ3) is 7.45. The molecule has 0 aliphatic carbocycles. The number of piperidine rings is 1. The van der Waals surface area contributed by atoms with Crippen LogP contribution in [0, 0.1) is 5.92 Å². The van der Waals surface area contributed by atoms with Gasteiger partial charge in [0.05, 0.1) is 16.8 Å². The first-order chi connectivity index (χ1) is 17.1. The van der Waals surface area contributed by atoms with Crippen molar-refractivity contribution in [1.29, 1.82) is 0 Å². The van der Waals surface area contributed by atoms with Crippen LogP contribution in [0.3, 0.4) is 0 Å². The second-order valence-electron chi connectivity index (χ2n) is 10.0. The van der Waals surface area contributed by atoms with Crippen LogP contribution in [0.15, 0.2) is 42.6 Å². The molecular formula is C26H28F6N2O3. The van der Waals surface area contributed by atoms with Crippen LogP contribution in [0.4, 0.5) is 31.1 Å². The highest BCUT2D eigenvalue weighted by Gasteiger charge is 2.39. The van der Waals surface area contributed by atoms with E-state index < -0.39 is 64.9 Å². The van der Waals surface area contributed by atoms with Crippen LogP contribution < -0.4 is 0 Å². The molecule has 1 aliphatic rings. The Hall–Kier alpha value is -3.11. The molecule has 202 valence electrons. The van der Waals surface area contributed by atoms with Gasteiger partial charge in [-0.2, -0.15) is 26.3 Å². The van der Waals surface area contributed by atoms with Crippen molar-refractivity contribution in [3.63, 3.8) is 0 Å². The van der Waals surface area contributed by atoms with Crippen molar-refractivity contribution in [3.8, 4) is 0 Å². The predicted octanol–water partition coefficient (Wildman–Crippen LogP) is 6.86. The van der Waals surface area contributed by atoms with Gasteiger partial charge in [0, 0.05) is 37.5 Å². The lowest BCUT2D eigenvalue weighted by atomic mass is 9.82. The number of ketones is 1. The zero-order chi connectivity index (χ0) is 27.6. The number of hydrogen-bond donors (Lipinski definition) is 0. The van der Waals surface area contributed by atoms with E-state index in [1.54, 1.807) is 20.8 Å². The second-order valence-corrected chi connectivity index (χ2v) is 10.0. The number of amides is 1. The maximum atomic E-state index is 13.8. The number of rotatable bonds is 5. The number of carbonyl (C=O) groups excluding carboxylic acids is 2. The molecule has 1 unspecified atom stereocenters. The van der Waals surface area contributed by atoms with Gasteiger partial charge in [-0.05, 0) is 63.4 Å². The Morgan fingerprint density at radius 3 is 2.24 bits per heavy atom. The van der Waals surface area contributed by atoms with E-state index in [0.717, 1.165) is 42.6 Å². The van der Waals surface area contributed by atoms with Crippen LogP contribution in [-0.4, -0.2) is 40.5 Å². The lowest BCUT2D eigenvalue weighted by Gasteiger charge is -2.34. The molecule has 1 aromatic carbocycles. The monoisotopic (exact) mass is 530 g/mol. The maximum absolute atomic E-state index is 13.8. The van der Waals surface area contributed by atoms with Crippen molar-refractivity contribution in [2.45, 2.75) is 63.9 Å². The molecule has 2 aromatic rings. The summed E-state index contributed by atoms with van der Waals surface area (Å²) >= 11 is 0. The third-order valence-corrected chi connectivity index (χ3v) is 6.05. The van der Waals surface area contributed by atoms with Gasteiger partial charge in [0.25, 0.3) is 0 Å². The minimum atomic E-state index is -4.78. The van der Waals surface area contributed by atoms with E-state index in [9.17, 15) is 35.9 Å². The summed E-state index contributed by atoms with van der Waals surface area (Å²) in [6, 6.07) is 5.63. The highest BCUT2D eigenvalue weighted by atomic mass is 19.4. The van der Waals surface area contributed by atoms with E-state index in [2.05, 4.69) is 4.98 Å². The standard InChI is InChI=1S/C26H28F6N2O3/c1-24(2,3)37-23(36)34-13-5-6-17(15-34)21(35)14-19(16-8-10-18(11-9-16)25(27,28)29)22-20(26(30,31)32)7-4-12-33-22/h4,7-12,17,19H,5-6,13-15H2,1-3H3/t17?,19-/m0/s1. The quantitative estimate of drug-likeness (QED) is 0.397. The van der Waals surface area contributed by atoms with Crippen LogP contribution in [0.2, 0.25) is 0 Å². The first kappa shape index (κ1) is 28.5. The molecule has 1 saturated heterocycles. The average molecular weight is 531 g/mol. The van der Waals surface area contributed by atoms with E-state index in [1.165, 1.54) is 4.90 Å². The van der Waals surface area contributed by atoms with E-state index >= 15 is 0 Å². The molecular weight excluding hydrogens is 502 g/mol. The zero-order valence-electron chi connectivity index (χ0n) is 20.6. The summed E-state index contributed by atoms with van der Waals surface area (Å²) in [6.07, 6.45) is -8.35. The fourth-order valence-corrected chi connectivity index (χ4v) is 4.31. The molecule has 0 N–H and O–H groups in total. The number of ether oxygens (including phenoxy) is 1. The number of benzene rings is 1. The Labute approximate surface area is 210 Å². The lowest BCUT2D eigenvalue weighted by Crippen LogP contribution is -2.44. The minimum Gasteiger partial charge on any atom is -0.444 e. The minimum absolute atomic E-state index is 0.0435. The van der Waals surface area contributed by atoms with Gasteiger partial charge in [-0.3, -0.25) is 9.78 Å². The van der Waals surface area contributed by atoms with Gasteiger partial charge in [-0.25, -0.2) is 4.79 Å². The van der Waals surface area contributed by atoms with Crippen molar-refractivity contribution in [3.05, 3.63) is 65.0 Å². The molecule has 3 rings (SSSR count). The Balaban J connectivity index is 1.92. The molecule has 1 amide bonds. The Morgan fingerprint density at radius 2 is 1.68 bits per heavy atom. The molecule has 0 bridgehead atoms. The normalized spacial score (nSPS) is 17.9. The molecule has 2 atom stereocenters. The SMILES string of the molecule is CC(C)(C)OC(=O)N1CCCC(C(=O)C[C@@H](c2ccc(C(F)(F)F)cc2)c2ncccc2C(F)(F)F)C1. The van der Waals surface area contributed by atoms with Crippen molar-refractivity contribution in [1.82, 2.24) is 9.88 Å². The number of halogens is 6. The summed E-state index contributed by atoms with van der Waals surface area (Å²) in [5, 5.41) is 0. The molecule has 0 saturated carbocycles. The Morgan fingerprint density at radius 1 is 1.03 bits per heavy atom. The van der Waals surface area contributed by atoms with Gasteiger partial charge >= 0.3 is 18.4 Å². The number of likely N-dealkylation sites (tertiary alicyclic amines) is 1. The molecule has 1 fully saturated rings. The maximum Gasteiger partial charge on any atom is 0.418 e. The zero-order valence-corrected chi connectivity index (χ0v) is 20.6. The van der Waals surface area contributed by atoms with Crippen molar-refractivity contribution in [2.24, 2.45) is 5.92 Å². The van der Waals surface area contributed by atoms with Crippen molar-refractivity contribution >= 4 is 11.9 Å². The Bertz CT molecular complexity index is 1110. The highest BCUT2D eigenvalue weighted by molar-refractivity contribution is 5.83. The van der Waals surface area contributed by atoms with E-state index in [1.807, 2.05) is 0 Å². The van der Waals surface area contributed by atoms with Gasteiger partial charge in [-0.1, -0.05) is 12.1 Å². The smallest absolute Gasteiger partial charge is 0.418 e. The molecule has 37 heavy (non-hydrogen) atoms. The van der Waals surface area contributed by atoms with Gasteiger partial charge in [0.15, 0.2) is 0 Å². The van der Waals surface area contributed by atoms with E-state index in [4.69, 9.17) is 4.74 Å². The molecule has 0 radical (unpaired) electrons. The molecule has 5 nitrogen and oxygen atoms in total. The summed E-state index contributed by atoms with van der Waals surface area (Å²) < 4.78 is 85.9. The average Bonchev–Trinajstić information content (AvgIpc) is 2.80. The predicted molar refractivity (Wildman–Crippen MR) is 123 cm³/mol. The summed E-state index contributed by atoms with van der Waals surface area (Å²) in [7, 11) is 0. The van der Waals surface area contributed by atoms with Crippen LogP contribution in [-0.2, 0) is 21.9 Å². The first-order valence-corrected chi connectivity index (χ1v) is 11.8. The largest absolute Gasteiger partial charge is 0.444 e. The molecule has 11 heteroatoms. The number of carbonyl (C=O) groups is 2.